The molecule has 2 aliphatic heterocycles. The molecule has 80 valence electrons. The summed E-state index contributed by atoms with van der Waals surface area (Å²) in [5.41, 5.74) is 0. The molecule has 3 nitrogen and oxygen atoms in total. The quantitative estimate of drug-likeness (QED) is 0.685. The maximum Gasteiger partial charge on any atom is 0.222 e. The van der Waals surface area contributed by atoms with Crippen molar-refractivity contribution in [3.63, 3.8) is 0 Å². The fourth-order valence-corrected chi connectivity index (χ4v) is 2.97. The molecule has 1 amide bonds. The van der Waals surface area contributed by atoms with Crippen LogP contribution in [0.2, 0.25) is 0 Å². The number of amides is 1. The van der Waals surface area contributed by atoms with E-state index in [0.717, 1.165) is 32.2 Å². The van der Waals surface area contributed by atoms with E-state index in [0.29, 0.717) is 24.3 Å². The molecule has 0 radical (unpaired) electrons. The Balaban J connectivity index is 2.13. The maximum atomic E-state index is 11.6. The fourth-order valence-electron chi connectivity index (χ4n) is 2.97. The van der Waals surface area contributed by atoms with Gasteiger partial charge in [-0.15, -0.1) is 0 Å². The van der Waals surface area contributed by atoms with Crippen molar-refractivity contribution in [1.29, 1.82) is 0 Å². The third-order valence-corrected chi connectivity index (χ3v) is 3.74. The Hall–Kier alpha value is -0.570. The molecule has 1 N–H and O–H groups in total. The first kappa shape index (κ1) is 9.97. The molecule has 2 aliphatic rings. The monoisotopic (exact) mass is 197 g/mol. The van der Waals surface area contributed by atoms with Gasteiger partial charge in [-0.3, -0.25) is 4.79 Å². The molecule has 2 saturated heterocycles. The third kappa shape index (κ3) is 1.54. The number of carbonyl (C=O) groups is 1. The van der Waals surface area contributed by atoms with E-state index >= 15 is 0 Å². The molecule has 14 heavy (non-hydrogen) atoms. The summed E-state index contributed by atoms with van der Waals surface area (Å²) in [7, 11) is 0. The van der Waals surface area contributed by atoms with E-state index in [1.165, 1.54) is 0 Å². The minimum Gasteiger partial charge on any atom is -0.393 e. The normalized spacial score (nSPS) is 38.3. The number of hydrogen-bond donors (Lipinski definition) is 1. The van der Waals surface area contributed by atoms with Crippen LogP contribution in [0.3, 0.4) is 0 Å². The number of carbonyl (C=O) groups excluding carboxylic acids is 1. The van der Waals surface area contributed by atoms with Gasteiger partial charge < -0.3 is 10.0 Å². The number of aliphatic hydroxyl groups excluding tert-OH is 1. The zero-order valence-electron chi connectivity index (χ0n) is 8.78. The standard InChI is InChI=1S/C11H19NO2/c1-2-8-9-4-3-5-11(14)12(9)7-6-10(8)13/h8-10,13H,2-7H2,1H3. The van der Waals surface area contributed by atoms with Crippen molar-refractivity contribution in [2.45, 2.75) is 51.2 Å². The summed E-state index contributed by atoms with van der Waals surface area (Å²) in [6.45, 7) is 2.87. The van der Waals surface area contributed by atoms with E-state index in [-0.39, 0.29) is 6.10 Å². The van der Waals surface area contributed by atoms with Gasteiger partial charge in [0.2, 0.25) is 5.91 Å². The maximum absolute atomic E-state index is 11.6. The predicted molar refractivity (Wildman–Crippen MR) is 53.8 cm³/mol. The van der Waals surface area contributed by atoms with Gasteiger partial charge in [-0.2, -0.15) is 0 Å². The van der Waals surface area contributed by atoms with E-state index in [4.69, 9.17) is 0 Å². The summed E-state index contributed by atoms with van der Waals surface area (Å²) in [5, 5.41) is 9.86. The van der Waals surface area contributed by atoms with Crippen molar-refractivity contribution < 1.29 is 9.90 Å². The highest BCUT2D eigenvalue weighted by Gasteiger charge is 2.39. The van der Waals surface area contributed by atoms with Crippen LogP contribution in [0.1, 0.15) is 39.0 Å². The Morgan fingerprint density at radius 3 is 3.00 bits per heavy atom. The molecular formula is C11H19NO2. The number of aliphatic hydroxyl groups is 1. The predicted octanol–water partition coefficient (Wildman–Crippen LogP) is 1.16. The van der Waals surface area contributed by atoms with Gasteiger partial charge >= 0.3 is 0 Å². The molecule has 0 aromatic carbocycles. The van der Waals surface area contributed by atoms with E-state index < -0.39 is 0 Å². The van der Waals surface area contributed by atoms with Gasteiger partial charge in [0, 0.05) is 24.9 Å². The number of hydrogen-bond acceptors (Lipinski definition) is 2. The molecule has 0 aromatic rings. The van der Waals surface area contributed by atoms with Crippen LogP contribution < -0.4 is 0 Å². The first-order valence-electron chi connectivity index (χ1n) is 5.71. The molecule has 3 atom stereocenters. The summed E-state index contributed by atoms with van der Waals surface area (Å²) < 4.78 is 0. The van der Waals surface area contributed by atoms with Crippen molar-refractivity contribution in [3.05, 3.63) is 0 Å². The van der Waals surface area contributed by atoms with E-state index in [1.807, 2.05) is 4.90 Å². The fraction of sp³-hybridized carbons (Fsp3) is 0.909. The van der Waals surface area contributed by atoms with Gasteiger partial charge in [-0.1, -0.05) is 6.92 Å². The van der Waals surface area contributed by atoms with Crippen molar-refractivity contribution in [2.75, 3.05) is 6.54 Å². The molecule has 0 saturated carbocycles. The molecular weight excluding hydrogens is 178 g/mol. The van der Waals surface area contributed by atoms with Gasteiger partial charge in [0.05, 0.1) is 6.10 Å². The second-order valence-corrected chi connectivity index (χ2v) is 4.47. The zero-order chi connectivity index (χ0) is 10.1. The molecule has 0 aromatic heterocycles. The van der Waals surface area contributed by atoms with Crippen molar-refractivity contribution in [1.82, 2.24) is 4.90 Å². The number of fused-ring (bicyclic) bond motifs is 1. The number of rotatable bonds is 1. The topological polar surface area (TPSA) is 40.5 Å². The lowest BCUT2D eigenvalue weighted by atomic mass is 9.80. The van der Waals surface area contributed by atoms with E-state index in [1.54, 1.807) is 0 Å². The SMILES string of the molecule is CCC1C(O)CCN2C(=O)CCCC12. The molecule has 3 heteroatoms. The lowest BCUT2D eigenvalue weighted by Crippen LogP contribution is -2.55. The molecule has 2 rings (SSSR count). The van der Waals surface area contributed by atoms with Crippen LogP contribution in [0.5, 0.6) is 0 Å². The lowest BCUT2D eigenvalue weighted by Gasteiger charge is -2.46. The van der Waals surface area contributed by atoms with Gasteiger partial charge in [0.25, 0.3) is 0 Å². The highest BCUT2D eigenvalue weighted by Crippen LogP contribution is 2.33. The molecule has 0 bridgehead atoms. The summed E-state index contributed by atoms with van der Waals surface area (Å²) >= 11 is 0. The summed E-state index contributed by atoms with van der Waals surface area (Å²) in [6, 6.07) is 0.324. The second kappa shape index (κ2) is 3.89. The van der Waals surface area contributed by atoms with Crippen molar-refractivity contribution in [3.8, 4) is 0 Å². The zero-order valence-corrected chi connectivity index (χ0v) is 8.78. The Morgan fingerprint density at radius 1 is 1.50 bits per heavy atom. The molecule has 3 unspecified atom stereocenters. The van der Waals surface area contributed by atoms with Crippen LogP contribution >= 0.6 is 0 Å². The Morgan fingerprint density at radius 2 is 2.29 bits per heavy atom. The van der Waals surface area contributed by atoms with Crippen molar-refractivity contribution in [2.24, 2.45) is 5.92 Å². The van der Waals surface area contributed by atoms with Crippen LogP contribution in [0.15, 0.2) is 0 Å². The van der Waals surface area contributed by atoms with Crippen LogP contribution in [0, 0.1) is 5.92 Å². The minimum absolute atomic E-state index is 0.188. The third-order valence-electron chi connectivity index (χ3n) is 3.74. The number of nitrogens with zero attached hydrogens (tertiary/aromatic N) is 1. The smallest absolute Gasteiger partial charge is 0.222 e. The van der Waals surface area contributed by atoms with Crippen molar-refractivity contribution >= 4 is 5.91 Å². The van der Waals surface area contributed by atoms with Gasteiger partial charge in [0.1, 0.15) is 0 Å². The largest absolute Gasteiger partial charge is 0.393 e. The Kier molecular flexibility index (Phi) is 2.77. The van der Waals surface area contributed by atoms with Gasteiger partial charge in [-0.25, -0.2) is 0 Å². The summed E-state index contributed by atoms with van der Waals surface area (Å²) in [6.07, 6.45) is 4.36. The van der Waals surface area contributed by atoms with Crippen LogP contribution in [-0.2, 0) is 4.79 Å². The first-order chi connectivity index (χ1) is 6.74. The second-order valence-electron chi connectivity index (χ2n) is 4.47. The molecule has 0 spiro atoms. The first-order valence-corrected chi connectivity index (χ1v) is 5.71. The highest BCUT2D eigenvalue weighted by molar-refractivity contribution is 5.77. The van der Waals surface area contributed by atoms with Crippen LogP contribution in [0.25, 0.3) is 0 Å². The van der Waals surface area contributed by atoms with Gasteiger partial charge in [0.15, 0.2) is 0 Å². The van der Waals surface area contributed by atoms with Crippen LogP contribution in [0.4, 0.5) is 0 Å². The molecule has 2 heterocycles. The van der Waals surface area contributed by atoms with E-state index in [9.17, 15) is 9.90 Å². The molecule has 0 aliphatic carbocycles. The Bertz CT molecular complexity index is 229. The minimum atomic E-state index is -0.188. The average molecular weight is 197 g/mol. The summed E-state index contributed by atoms with van der Waals surface area (Å²) in [4.78, 5) is 13.6. The lowest BCUT2D eigenvalue weighted by molar-refractivity contribution is -0.144. The summed E-state index contributed by atoms with van der Waals surface area (Å²) in [5.74, 6) is 0.611. The molecule has 2 fully saturated rings. The average Bonchev–Trinajstić information content (AvgIpc) is 2.18. The van der Waals surface area contributed by atoms with E-state index in [2.05, 4.69) is 6.92 Å². The Labute approximate surface area is 85.1 Å². The number of piperidine rings is 2. The van der Waals surface area contributed by atoms with Crippen LogP contribution in [-0.4, -0.2) is 34.6 Å². The highest BCUT2D eigenvalue weighted by atomic mass is 16.3. The van der Waals surface area contributed by atoms with Gasteiger partial charge in [-0.05, 0) is 25.7 Å².